The van der Waals surface area contributed by atoms with E-state index in [1.165, 1.54) is 0 Å². The van der Waals surface area contributed by atoms with Crippen molar-refractivity contribution in [3.63, 3.8) is 0 Å². The number of nitrogens with one attached hydrogen (secondary N) is 3. The summed E-state index contributed by atoms with van der Waals surface area (Å²) in [6.07, 6.45) is 3.11. The summed E-state index contributed by atoms with van der Waals surface area (Å²) in [4.78, 5) is 14.6. The zero-order valence-corrected chi connectivity index (χ0v) is 16.8. The Bertz CT molecular complexity index is 374. The number of thioether (sulfide) groups is 1. The SMILES string of the molecule is CSCCNC[C@@H]1C[C@@H](NC(=O)NC(C)(C)C)CN1C[C@@H](C)CN. The van der Waals surface area contributed by atoms with Crippen molar-refractivity contribution in [2.75, 3.05) is 44.7 Å². The summed E-state index contributed by atoms with van der Waals surface area (Å²) in [6, 6.07) is 0.584. The van der Waals surface area contributed by atoms with E-state index in [0.29, 0.717) is 18.5 Å². The molecule has 0 aromatic rings. The standard InChI is InChI=1S/C17H37N5OS/c1-13(9-18)11-22-12-14(20-16(23)21-17(2,3)4)8-15(22)10-19-6-7-24-5/h13-15,19H,6-12,18H2,1-5H3,(H2,20,21,23)/t13-,14+,15-/m0/s1. The van der Waals surface area contributed by atoms with Gasteiger partial charge in [0.25, 0.3) is 0 Å². The molecule has 1 aliphatic heterocycles. The van der Waals surface area contributed by atoms with E-state index < -0.39 is 0 Å². The molecule has 1 saturated heterocycles. The van der Waals surface area contributed by atoms with Gasteiger partial charge in [-0.2, -0.15) is 11.8 Å². The Labute approximate surface area is 152 Å². The van der Waals surface area contributed by atoms with Crippen LogP contribution in [-0.4, -0.2) is 73.3 Å². The average molecular weight is 360 g/mol. The van der Waals surface area contributed by atoms with Crippen molar-refractivity contribution in [1.82, 2.24) is 20.9 Å². The van der Waals surface area contributed by atoms with Crippen LogP contribution >= 0.6 is 11.8 Å². The smallest absolute Gasteiger partial charge is 0.315 e. The fraction of sp³-hybridized carbons (Fsp3) is 0.941. The maximum Gasteiger partial charge on any atom is 0.315 e. The molecule has 0 aromatic heterocycles. The van der Waals surface area contributed by atoms with Gasteiger partial charge >= 0.3 is 6.03 Å². The number of carbonyl (C=O) groups excluding carboxylic acids is 1. The van der Waals surface area contributed by atoms with E-state index in [1.807, 2.05) is 32.5 Å². The van der Waals surface area contributed by atoms with Crippen LogP contribution in [0.1, 0.15) is 34.1 Å². The summed E-state index contributed by atoms with van der Waals surface area (Å²) in [7, 11) is 0. The molecule has 7 heteroatoms. The maximum absolute atomic E-state index is 12.1. The lowest BCUT2D eigenvalue weighted by atomic mass is 10.1. The van der Waals surface area contributed by atoms with Gasteiger partial charge in [0.05, 0.1) is 0 Å². The van der Waals surface area contributed by atoms with Gasteiger partial charge in [0.15, 0.2) is 0 Å². The van der Waals surface area contributed by atoms with Gasteiger partial charge in [-0.05, 0) is 45.9 Å². The Kier molecular flexibility index (Phi) is 9.41. The lowest BCUT2D eigenvalue weighted by molar-refractivity contribution is 0.214. The van der Waals surface area contributed by atoms with E-state index in [9.17, 15) is 4.79 Å². The van der Waals surface area contributed by atoms with Gasteiger partial charge in [-0.3, -0.25) is 4.90 Å². The molecule has 0 aromatic carbocycles. The first-order chi connectivity index (χ1) is 11.2. The van der Waals surface area contributed by atoms with Crippen molar-refractivity contribution in [2.24, 2.45) is 11.7 Å². The highest BCUT2D eigenvalue weighted by Crippen LogP contribution is 2.19. The minimum absolute atomic E-state index is 0.0738. The van der Waals surface area contributed by atoms with Crippen molar-refractivity contribution >= 4 is 17.8 Å². The highest BCUT2D eigenvalue weighted by Gasteiger charge is 2.33. The Morgan fingerprint density at radius 1 is 1.42 bits per heavy atom. The molecule has 1 aliphatic rings. The van der Waals surface area contributed by atoms with Crippen LogP contribution in [0.3, 0.4) is 0 Å². The second-order valence-electron chi connectivity index (χ2n) is 7.93. The summed E-state index contributed by atoms with van der Waals surface area (Å²) < 4.78 is 0. The molecule has 1 heterocycles. The molecule has 0 spiro atoms. The minimum atomic E-state index is -0.213. The van der Waals surface area contributed by atoms with E-state index in [-0.39, 0.29) is 17.6 Å². The summed E-state index contributed by atoms with van der Waals surface area (Å²) in [5.41, 5.74) is 5.58. The Morgan fingerprint density at radius 3 is 2.71 bits per heavy atom. The molecule has 2 amide bonds. The Hall–Kier alpha value is -0.500. The molecule has 5 N–H and O–H groups in total. The van der Waals surface area contributed by atoms with Crippen molar-refractivity contribution in [3.8, 4) is 0 Å². The number of amides is 2. The van der Waals surface area contributed by atoms with Crippen LogP contribution in [-0.2, 0) is 0 Å². The monoisotopic (exact) mass is 359 g/mol. The fourth-order valence-corrected chi connectivity index (χ4v) is 3.35. The van der Waals surface area contributed by atoms with Crippen molar-refractivity contribution in [3.05, 3.63) is 0 Å². The number of urea groups is 1. The first kappa shape index (κ1) is 21.5. The lowest BCUT2D eigenvalue weighted by Gasteiger charge is -2.27. The van der Waals surface area contributed by atoms with E-state index in [2.05, 4.69) is 34.0 Å². The predicted molar refractivity (Wildman–Crippen MR) is 105 cm³/mol. The third kappa shape index (κ3) is 8.55. The van der Waals surface area contributed by atoms with E-state index in [4.69, 9.17) is 5.73 Å². The molecule has 142 valence electrons. The summed E-state index contributed by atoms with van der Waals surface area (Å²) in [5, 5.41) is 9.65. The molecule has 3 atom stereocenters. The third-order valence-corrected chi connectivity index (χ3v) is 4.78. The van der Waals surface area contributed by atoms with Gasteiger partial charge in [-0.25, -0.2) is 4.79 Å². The fourth-order valence-electron chi connectivity index (χ4n) is 3.00. The number of carbonyl (C=O) groups is 1. The van der Waals surface area contributed by atoms with Crippen LogP contribution in [0.4, 0.5) is 4.79 Å². The number of nitrogens with zero attached hydrogens (tertiary/aromatic N) is 1. The van der Waals surface area contributed by atoms with E-state index in [0.717, 1.165) is 38.4 Å². The first-order valence-electron chi connectivity index (χ1n) is 8.97. The average Bonchev–Trinajstić information content (AvgIpc) is 2.82. The van der Waals surface area contributed by atoms with Crippen LogP contribution in [0, 0.1) is 5.92 Å². The van der Waals surface area contributed by atoms with Crippen molar-refractivity contribution < 1.29 is 4.79 Å². The van der Waals surface area contributed by atoms with Crippen LogP contribution in [0.25, 0.3) is 0 Å². The van der Waals surface area contributed by atoms with Gasteiger partial charge in [0.1, 0.15) is 0 Å². The maximum atomic E-state index is 12.1. The van der Waals surface area contributed by atoms with Gasteiger partial charge in [0.2, 0.25) is 0 Å². The van der Waals surface area contributed by atoms with Gasteiger partial charge < -0.3 is 21.7 Å². The first-order valence-corrected chi connectivity index (χ1v) is 10.4. The van der Waals surface area contributed by atoms with Gasteiger partial charge in [-0.15, -0.1) is 0 Å². The normalized spacial score (nSPS) is 23.2. The second-order valence-corrected chi connectivity index (χ2v) is 8.91. The zero-order valence-electron chi connectivity index (χ0n) is 16.0. The highest BCUT2D eigenvalue weighted by atomic mass is 32.2. The molecule has 0 radical (unpaired) electrons. The molecule has 24 heavy (non-hydrogen) atoms. The van der Waals surface area contributed by atoms with E-state index >= 15 is 0 Å². The van der Waals surface area contributed by atoms with Gasteiger partial charge in [-0.1, -0.05) is 6.92 Å². The number of likely N-dealkylation sites (tertiary alicyclic amines) is 1. The molecule has 0 unspecified atom stereocenters. The quantitative estimate of drug-likeness (QED) is 0.463. The number of nitrogens with two attached hydrogens (primary N) is 1. The topological polar surface area (TPSA) is 82.4 Å². The van der Waals surface area contributed by atoms with E-state index in [1.54, 1.807) is 0 Å². The zero-order chi connectivity index (χ0) is 18.2. The molecule has 0 bridgehead atoms. The van der Waals surface area contributed by atoms with Crippen molar-refractivity contribution in [2.45, 2.75) is 51.7 Å². The number of rotatable bonds is 9. The highest BCUT2D eigenvalue weighted by molar-refractivity contribution is 7.98. The Morgan fingerprint density at radius 2 is 2.12 bits per heavy atom. The summed E-state index contributed by atoms with van der Waals surface area (Å²) >= 11 is 1.86. The molecule has 1 rings (SSSR count). The predicted octanol–water partition coefficient (Wildman–Crippen LogP) is 1.07. The molecular weight excluding hydrogens is 322 g/mol. The summed E-state index contributed by atoms with van der Waals surface area (Å²) in [5.74, 6) is 1.60. The Balaban J connectivity index is 2.52. The largest absolute Gasteiger partial charge is 0.334 e. The lowest BCUT2D eigenvalue weighted by Crippen LogP contribution is -2.50. The van der Waals surface area contributed by atoms with Crippen LogP contribution in [0.5, 0.6) is 0 Å². The number of hydrogen-bond acceptors (Lipinski definition) is 5. The molecule has 1 fully saturated rings. The molecule has 0 saturated carbocycles. The van der Waals surface area contributed by atoms with Crippen LogP contribution in [0.2, 0.25) is 0 Å². The van der Waals surface area contributed by atoms with Crippen molar-refractivity contribution in [1.29, 1.82) is 0 Å². The third-order valence-electron chi connectivity index (χ3n) is 4.16. The number of hydrogen-bond donors (Lipinski definition) is 4. The molecular formula is C17H37N5OS. The van der Waals surface area contributed by atoms with Gasteiger partial charge in [0, 0.05) is 49.6 Å². The van der Waals surface area contributed by atoms with Crippen LogP contribution < -0.4 is 21.7 Å². The minimum Gasteiger partial charge on any atom is -0.334 e. The van der Waals surface area contributed by atoms with Crippen LogP contribution in [0.15, 0.2) is 0 Å². The second kappa shape index (κ2) is 10.5. The summed E-state index contributed by atoms with van der Waals surface area (Å²) in [6.45, 7) is 12.8. The molecule has 6 nitrogen and oxygen atoms in total. The molecule has 0 aliphatic carbocycles.